The van der Waals surface area contributed by atoms with Crippen LogP contribution in [0.3, 0.4) is 0 Å². The summed E-state index contributed by atoms with van der Waals surface area (Å²) in [7, 11) is 0. The van der Waals surface area contributed by atoms with E-state index in [1.54, 1.807) is 0 Å². The van der Waals surface area contributed by atoms with Gasteiger partial charge >= 0.3 is 0 Å². The second kappa shape index (κ2) is 11.6. The van der Waals surface area contributed by atoms with Crippen LogP contribution in [0.4, 0.5) is 0 Å². The van der Waals surface area contributed by atoms with Crippen molar-refractivity contribution in [3.63, 3.8) is 0 Å². The number of aromatic nitrogens is 2. The van der Waals surface area contributed by atoms with E-state index in [0.29, 0.717) is 0 Å². The lowest BCUT2D eigenvalue weighted by molar-refractivity contribution is 1.11. The maximum Gasteiger partial charge on any atom is 0.0544 e. The van der Waals surface area contributed by atoms with Crippen LogP contribution in [0, 0.1) is 0 Å². The fourth-order valence-corrected chi connectivity index (χ4v) is 8.13. The Morgan fingerprint density at radius 3 is 2.36 bits per heavy atom. The van der Waals surface area contributed by atoms with E-state index in [9.17, 15) is 0 Å². The van der Waals surface area contributed by atoms with E-state index in [0.717, 1.165) is 28.0 Å². The highest BCUT2D eigenvalue weighted by Crippen LogP contribution is 2.38. The minimum absolute atomic E-state index is 1.12. The zero-order valence-corrected chi connectivity index (χ0v) is 27.4. The third kappa shape index (κ3) is 4.62. The van der Waals surface area contributed by atoms with E-state index in [1.807, 2.05) is 23.5 Å². The van der Waals surface area contributed by atoms with E-state index < -0.39 is 0 Å². The third-order valence-electron chi connectivity index (χ3n) is 9.17. The predicted molar refractivity (Wildman–Crippen MR) is 208 cm³/mol. The molecule has 3 heterocycles. The summed E-state index contributed by atoms with van der Waals surface area (Å²) in [5.74, 6) is 0. The number of rotatable bonds is 6. The van der Waals surface area contributed by atoms with Gasteiger partial charge in [-0.2, -0.15) is 0 Å². The predicted octanol–water partition coefficient (Wildman–Crippen LogP) is 11.3. The van der Waals surface area contributed by atoms with Gasteiger partial charge in [0, 0.05) is 53.1 Å². The van der Waals surface area contributed by atoms with Gasteiger partial charge in [-0.3, -0.25) is 0 Å². The summed E-state index contributed by atoms with van der Waals surface area (Å²) >= 11 is 1.83. The molecule has 3 aromatic heterocycles. The van der Waals surface area contributed by atoms with Gasteiger partial charge in [-0.05, 0) is 84.3 Å². The molecule has 0 aliphatic heterocycles. The fourth-order valence-electron chi connectivity index (χ4n) is 7.07. The Morgan fingerprint density at radius 1 is 0.723 bits per heavy atom. The van der Waals surface area contributed by atoms with Crippen LogP contribution in [0.5, 0.6) is 0 Å². The van der Waals surface area contributed by atoms with Crippen molar-refractivity contribution < 1.29 is 0 Å². The molecule has 5 aromatic carbocycles. The van der Waals surface area contributed by atoms with Gasteiger partial charge in [0.2, 0.25) is 0 Å². The van der Waals surface area contributed by atoms with Crippen LogP contribution >= 0.6 is 11.3 Å². The molecule has 0 atom stereocenters. The molecule has 0 bridgehead atoms. The fraction of sp³-hybridized carbons (Fsp3) is 0.0455. The number of fused-ring (bicyclic) bond motifs is 5. The molecule has 0 radical (unpaired) electrons. The zero-order valence-electron chi connectivity index (χ0n) is 26.5. The molecule has 0 unspecified atom stereocenters. The smallest absolute Gasteiger partial charge is 0.0544 e. The Kier molecular flexibility index (Phi) is 7.12. The maximum absolute atomic E-state index is 4.15. The van der Waals surface area contributed by atoms with Crippen molar-refractivity contribution in [1.29, 1.82) is 0 Å². The van der Waals surface area contributed by atoms with Crippen LogP contribution in [-0.2, 0) is 0 Å². The number of nitrogens with zero attached hydrogens (tertiary/aromatic N) is 1. The normalized spacial score (nSPS) is 12.8. The SMILES string of the molecule is C=C/C=c1\c(=C/C)sc2ccc(-c3cccc(-c4cccc5c4[nH]c4ccc(-n6c(/C=C\C)c(C=C)c7ccccc76)cc45)c3)cc12. The van der Waals surface area contributed by atoms with Crippen LogP contribution in [0.25, 0.3) is 95.0 Å². The van der Waals surface area contributed by atoms with Gasteiger partial charge in [0.05, 0.1) is 16.7 Å². The van der Waals surface area contributed by atoms with Crippen molar-refractivity contribution >= 4 is 78.4 Å². The molecule has 3 heteroatoms. The van der Waals surface area contributed by atoms with Gasteiger partial charge in [0.1, 0.15) is 0 Å². The molecule has 0 aliphatic carbocycles. The molecule has 8 rings (SSSR count). The van der Waals surface area contributed by atoms with E-state index in [2.05, 4.69) is 164 Å². The Morgan fingerprint density at radius 2 is 1.53 bits per heavy atom. The second-order valence-electron chi connectivity index (χ2n) is 11.8. The number of para-hydroxylation sites is 2. The van der Waals surface area contributed by atoms with Gasteiger partial charge in [0.15, 0.2) is 0 Å². The van der Waals surface area contributed by atoms with E-state index >= 15 is 0 Å². The van der Waals surface area contributed by atoms with Gasteiger partial charge in [-0.1, -0.05) is 104 Å². The molecule has 1 N–H and O–H groups in total. The van der Waals surface area contributed by atoms with Crippen molar-refractivity contribution in [2.24, 2.45) is 0 Å². The summed E-state index contributed by atoms with van der Waals surface area (Å²) in [5, 5.41) is 6.14. The molecule has 0 spiro atoms. The van der Waals surface area contributed by atoms with Crippen LogP contribution < -0.4 is 9.75 Å². The number of aromatic amines is 1. The Bertz CT molecular complexity index is 2690. The quantitative estimate of drug-likeness (QED) is 0.190. The van der Waals surface area contributed by atoms with Gasteiger partial charge in [0.25, 0.3) is 0 Å². The van der Waals surface area contributed by atoms with Gasteiger partial charge < -0.3 is 9.55 Å². The number of thiophene rings is 1. The summed E-state index contributed by atoms with van der Waals surface area (Å²) in [5.41, 5.74) is 11.7. The third-order valence-corrected chi connectivity index (χ3v) is 10.4. The topological polar surface area (TPSA) is 20.7 Å². The Hall–Kier alpha value is -5.64. The monoisotopic (exact) mass is 622 g/mol. The molecule has 8 aromatic rings. The lowest BCUT2D eigenvalue weighted by atomic mass is 9.97. The molecule has 226 valence electrons. The van der Waals surface area contributed by atoms with E-state index in [4.69, 9.17) is 0 Å². The van der Waals surface area contributed by atoms with Crippen molar-refractivity contribution in [3.05, 3.63) is 149 Å². The molecule has 47 heavy (non-hydrogen) atoms. The Balaban J connectivity index is 1.27. The van der Waals surface area contributed by atoms with Crippen molar-refractivity contribution in [3.8, 4) is 27.9 Å². The highest BCUT2D eigenvalue weighted by Gasteiger charge is 2.17. The van der Waals surface area contributed by atoms with Gasteiger partial charge in [-0.15, -0.1) is 11.3 Å². The van der Waals surface area contributed by atoms with Crippen LogP contribution in [0.15, 0.2) is 128 Å². The minimum Gasteiger partial charge on any atom is -0.354 e. The van der Waals surface area contributed by atoms with Gasteiger partial charge in [-0.25, -0.2) is 0 Å². The molecule has 0 fully saturated rings. The standard InChI is InChI=1S/C44H34N2S/c1-5-13-35-38-26-29(21-24-43(38)47-42(35)8-4)28-15-11-16-30(25-28)33-18-12-19-36-37-27-31(22-23-39(37)45-44(33)36)46-40(14-6-2)32(7-3)34-17-9-10-20-41(34)46/h5-27,45H,1,3H2,2,4H3/b14-6-,35-13-,42-8+. The van der Waals surface area contributed by atoms with Crippen LogP contribution in [0.2, 0.25) is 0 Å². The van der Waals surface area contributed by atoms with Crippen LogP contribution in [0.1, 0.15) is 25.1 Å². The highest BCUT2D eigenvalue weighted by molar-refractivity contribution is 7.17. The number of benzene rings is 5. The first-order valence-corrected chi connectivity index (χ1v) is 16.8. The number of hydrogen-bond acceptors (Lipinski definition) is 1. The van der Waals surface area contributed by atoms with E-state index in [-0.39, 0.29) is 0 Å². The van der Waals surface area contributed by atoms with Crippen molar-refractivity contribution in [2.75, 3.05) is 0 Å². The molecule has 0 amide bonds. The summed E-state index contributed by atoms with van der Waals surface area (Å²) in [6.07, 6.45) is 12.4. The molecular weight excluding hydrogens is 589 g/mol. The summed E-state index contributed by atoms with van der Waals surface area (Å²) in [4.78, 5) is 3.78. The first-order chi connectivity index (χ1) is 23.1. The van der Waals surface area contributed by atoms with E-state index in [1.165, 1.54) is 63.8 Å². The number of H-pyrrole nitrogens is 1. The largest absolute Gasteiger partial charge is 0.354 e. The average Bonchev–Trinajstić information content (AvgIpc) is 3.77. The highest BCUT2D eigenvalue weighted by atomic mass is 32.1. The zero-order chi connectivity index (χ0) is 32.1. The number of nitrogens with one attached hydrogen (secondary N) is 1. The number of hydrogen-bond donors (Lipinski definition) is 1. The molecule has 2 nitrogen and oxygen atoms in total. The molecule has 0 saturated heterocycles. The lowest BCUT2D eigenvalue weighted by Crippen LogP contribution is -2.17. The average molecular weight is 623 g/mol. The second-order valence-corrected chi connectivity index (χ2v) is 12.9. The summed E-state index contributed by atoms with van der Waals surface area (Å²) in [6.45, 7) is 12.3. The minimum atomic E-state index is 1.12. The number of allylic oxidation sites excluding steroid dienone is 2. The molecular formula is C44H34N2S. The molecule has 0 saturated carbocycles. The first kappa shape index (κ1) is 28.8. The summed E-state index contributed by atoms with van der Waals surface area (Å²) < 4.78 is 4.92. The Labute approximate surface area is 278 Å². The van der Waals surface area contributed by atoms with Crippen molar-refractivity contribution in [2.45, 2.75) is 13.8 Å². The van der Waals surface area contributed by atoms with Crippen molar-refractivity contribution in [1.82, 2.24) is 9.55 Å². The first-order valence-electron chi connectivity index (χ1n) is 16.0. The maximum atomic E-state index is 4.15. The molecule has 0 aliphatic rings. The van der Waals surface area contributed by atoms with Crippen LogP contribution in [-0.4, -0.2) is 9.55 Å². The summed E-state index contributed by atoms with van der Waals surface area (Å²) in [6, 6.07) is 37.7. The lowest BCUT2D eigenvalue weighted by Gasteiger charge is -2.10.